The lowest BCUT2D eigenvalue weighted by Gasteiger charge is -2.13. The van der Waals surface area contributed by atoms with Crippen molar-refractivity contribution < 1.29 is 19.4 Å². The van der Waals surface area contributed by atoms with E-state index >= 15 is 0 Å². The number of rotatable bonds is 3. The van der Waals surface area contributed by atoms with Gasteiger partial charge in [-0.1, -0.05) is 0 Å². The Hall–Kier alpha value is -1.14. The lowest BCUT2D eigenvalue weighted by atomic mass is 9.98. The van der Waals surface area contributed by atoms with Gasteiger partial charge in [0.25, 0.3) is 0 Å². The van der Waals surface area contributed by atoms with Crippen LogP contribution in [0.2, 0.25) is 0 Å². The SMILES string of the molecule is NCC(C(=O)O)c1c(F)ccc(Br)c1O. The molecule has 0 amide bonds. The fraction of sp³-hybridized carbons (Fsp3) is 0.222. The van der Waals surface area contributed by atoms with Crippen LogP contribution in [0.5, 0.6) is 5.75 Å². The van der Waals surface area contributed by atoms with Crippen LogP contribution in [0.4, 0.5) is 4.39 Å². The summed E-state index contributed by atoms with van der Waals surface area (Å²) in [6.45, 7) is -0.281. The second-order valence-corrected chi connectivity index (χ2v) is 3.77. The van der Waals surface area contributed by atoms with E-state index in [2.05, 4.69) is 15.9 Å². The number of hydrogen-bond donors (Lipinski definition) is 3. The highest BCUT2D eigenvalue weighted by Gasteiger charge is 2.26. The summed E-state index contributed by atoms with van der Waals surface area (Å²) >= 11 is 2.98. The third-order valence-corrected chi connectivity index (χ3v) is 2.64. The molecule has 0 aliphatic rings. The quantitative estimate of drug-likeness (QED) is 0.780. The van der Waals surface area contributed by atoms with E-state index in [1.165, 1.54) is 6.07 Å². The van der Waals surface area contributed by atoms with Crippen molar-refractivity contribution in [3.63, 3.8) is 0 Å². The van der Waals surface area contributed by atoms with Gasteiger partial charge in [0.15, 0.2) is 0 Å². The molecular weight excluding hydrogens is 269 g/mol. The lowest BCUT2D eigenvalue weighted by Crippen LogP contribution is -2.22. The number of phenolic OH excluding ortho intramolecular Hbond substituents is 1. The van der Waals surface area contributed by atoms with Gasteiger partial charge in [-0.05, 0) is 28.1 Å². The smallest absolute Gasteiger partial charge is 0.312 e. The van der Waals surface area contributed by atoms with Gasteiger partial charge in [0.05, 0.1) is 4.47 Å². The number of aromatic hydroxyl groups is 1. The number of aliphatic carboxylic acids is 1. The van der Waals surface area contributed by atoms with Crippen molar-refractivity contribution in [2.75, 3.05) is 6.54 Å². The zero-order chi connectivity index (χ0) is 11.6. The summed E-state index contributed by atoms with van der Waals surface area (Å²) in [5, 5.41) is 18.3. The fourth-order valence-corrected chi connectivity index (χ4v) is 1.58. The van der Waals surface area contributed by atoms with Gasteiger partial charge in [0.2, 0.25) is 0 Å². The van der Waals surface area contributed by atoms with E-state index in [1.807, 2.05) is 0 Å². The molecule has 0 bridgehead atoms. The number of halogens is 2. The number of carboxylic acid groups (broad SMARTS) is 1. The van der Waals surface area contributed by atoms with Crippen LogP contribution in [0, 0.1) is 5.82 Å². The third kappa shape index (κ3) is 2.27. The van der Waals surface area contributed by atoms with Crippen LogP contribution in [0.3, 0.4) is 0 Å². The Morgan fingerprint density at radius 3 is 2.67 bits per heavy atom. The van der Waals surface area contributed by atoms with Gasteiger partial charge in [0.1, 0.15) is 17.5 Å². The molecule has 1 unspecified atom stereocenters. The second kappa shape index (κ2) is 4.59. The van der Waals surface area contributed by atoms with E-state index in [1.54, 1.807) is 0 Å². The molecule has 1 aromatic rings. The molecule has 1 aromatic carbocycles. The van der Waals surface area contributed by atoms with Gasteiger partial charge in [-0.25, -0.2) is 4.39 Å². The van der Waals surface area contributed by atoms with Crippen molar-refractivity contribution in [1.82, 2.24) is 0 Å². The Morgan fingerprint density at radius 2 is 2.20 bits per heavy atom. The molecule has 0 aromatic heterocycles. The maximum atomic E-state index is 13.3. The highest BCUT2D eigenvalue weighted by molar-refractivity contribution is 9.10. The maximum absolute atomic E-state index is 13.3. The molecule has 0 radical (unpaired) electrons. The normalized spacial score (nSPS) is 12.5. The topological polar surface area (TPSA) is 83.6 Å². The summed E-state index contributed by atoms with van der Waals surface area (Å²) in [7, 11) is 0. The zero-order valence-electron chi connectivity index (χ0n) is 7.58. The largest absolute Gasteiger partial charge is 0.506 e. The van der Waals surface area contributed by atoms with Gasteiger partial charge < -0.3 is 15.9 Å². The van der Waals surface area contributed by atoms with E-state index in [0.29, 0.717) is 0 Å². The molecule has 1 atom stereocenters. The average Bonchev–Trinajstić information content (AvgIpc) is 2.18. The van der Waals surface area contributed by atoms with Crippen LogP contribution >= 0.6 is 15.9 Å². The first-order valence-electron chi connectivity index (χ1n) is 4.08. The molecule has 4 N–H and O–H groups in total. The first-order chi connectivity index (χ1) is 6.99. The molecule has 15 heavy (non-hydrogen) atoms. The van der Waals surface area contributed by atoms with Crippen LogP contribution in [0.1, 0.15) is 11.5 Å². The molecule has 0 aliphatic carbocycles. The summed E-state index contributed by atoms with van der Waals surface area (Å²) < 4.78 is 13.6. The minimum atomic E-state index is -1.27. The molecule has 0 heterocycles. The summed E-state index contributed by atoms with van der Waals surface area (Å²) in [5.41, 5.74) is 4.93. The number of hydrogen-bond acceptors (Lipinski definition) is 3. The number of carboxylic acids is 1. The molecule has 0 saturated heterocycles. The lowest BCUT2D eigenvalue weighted by molar-refractivity contribution is -0.138. The summed E-state index contributed by atoms with van der Waals surface area (Å²) in [5.74, 6) is -3.73. The number of carbonyl (C=O) groups is 1. The molecule has 0 saturated carbocycles. The van der Waals surface area contributed by atoms with E-state index in [9.17, 15) is 14.3 Å². The number of benzene rings is 1. The van der Waals surface area contributed by atoms with Crippen molar-refractivity contribution in [1.29, 1.82) is 0 Å². The molecular formula is C9H9BrFNO3. The molecule has 82 valence electrons. The van der Waals surface area contributed by atoms with Gasteiger partial charge in [-0.2, -0.15) is 0 Å². The van der Waals surface area contributed by atoms with Crippen molar-refractivity contribution in [2.45, 2.75) is 5.92 Å². The number of phenols is 1. The van der Waals surface area contributed by atoms with Crippen molar-refractivity contribution in [2.24, 2.45) is 5.73 Å². The average molecular weight is 278 g/mol. The van der Waals surface area contributed by atoms with Gasteiger partial charge in [0, 0.05) is 12.1 Å². The van der Waals surface area contributed by atoms with E-state index in [4.69, 9.17) is 10.8 Å². The van der Waals surface area contributed by atoms with Crippen LogP contribution in [0.25, 0.3) is 0 Å². The van der Waals surface area contributed by atoms with E-state index in [-0.39, 0.29) is 16.6 Å². The molecule has 4 nitrogen and oxygen atoms in total. The Kier molecular flexibility index (Phi) is 3.65. The molecule has 0 aliphatic heterocycles. The van der Waals surface area contributed by atoms with Gasteiger partial charge >= 0.3 is 5.97 Å². The monoisotopic (exact) mass is 277 g/mol. The van der Waals surface area contributed by atoms with Crippen molar-refractivity contribution in [3.05, 3.63) is 28.0 Å². The molecule has 0 fully saturated rings. The number of nitrogens with two attached hydrogens (primary N) is 1. The molecule has 0 spiro atoms. The minimum Gasteiger partial charge on any atom is -0.506 e. The van der Waals surface area contributed by atoms with Crippen LogP contribution in [-0.2, 0) is 4.79 Å². The standard InChI is InChI=1S/C9H9BrFNO3/c10-5-1-2-6(11)7(8(5)13)4(3-12)9(14)15/h1-2,4,13H,3,12H2,(H,14,15). The van der Waals surface area contributed by atoms with E-state index in [0.717, 1.165) is 6.07 Å². The summed E-state index contributed by atoms with van der Waals surface area (Å²) in [6, 6.07) is 2.37. The second-order valence-electron chi connectivity index (χ2n) is 2.92. The van der Waals surface area contributed by atoms with Crippen molar-refractivity contribution >= 4 is 21.9 Å². The Bertz CT molecular complexity index is 397. The Balaban J connectivity index is 3.34. The summed E-state index contributed by atoms with van der Waals surface area (Å²) in [6.07, 6.45) is 0. The summed E-state index contributed by atoms with van der Waals surface area (Å²) in [4.78, 5) is 10.8. The third-order valence-electron chi connectivity index (χ3n) is 2.00. The Labute approximate surface area is 93.6 Å². The fourth-order valence-electron chi connectivity index (χ4n) is 1.23. The van der Waals surface area contributed by atoms with Crippen LogP contribution in [-0.4, -0.2) is 22.7 Å². The first kappa shape index (κ1) is 11.9. The predicted molar refractivity (Wildman–Crippen MR) is 55.2 cm³/mol. The van der Waals surface area contributed by atoms with E-state index < -0.39 is 23.5 Å². The minimum absolute atomic E-state index is 0.235. The zero-order valence-corrected chi connectivity index (χ0v) is 9.16. The predicted octanol–water partition coefficient (Wildman–Crippen LogP) is 1.42. The highest BCUT2D eigenvalue weighted by atomic mass is 79.9. The molecule has 1 rings (SSSR count). The van der Waals surface area contributed by atoms with Crippen molar-refractivity contribution in [3.8, 4) is 5.75 Å². The van der Waals surface area contributed by atoms with Gasteiger partial charge in [-0.15, -0.1) is 0 Å². The Morgan fingerprint density at radius 1 is 1.60 bits per heavy atom. The van der Waals surface area contributed by atoms with Gasteiger partial charge in [-0.3, -0.25) is 4.79 Å². The molecule has 6 heteroatoms. The maximum Gasteiger partial charge on any atom is 0.312 e. The first-order valence-corrected chi connectivity index (χ1v) is 4.88. The highest BCUT2D eigenvalue weighted by Crippen LogP contribution is 2.34. The van der Waals surface area contributed by atoms with Crippen LogP contribution in [0.15, 0.2) is 16.6 Å². The van der Waals surface area contributed by atoms with Crippen LogP contribution < -0.4 is 5.73 Å².